The number of nitriles is 1. The van der Waals surface area contributed by atoms with Crippen molar-refractivity contribution in [2.24, 2.45) is 0 Å². The van der Waals surface area contributed by atoms with Crippen molar-refractivity contribution in [3.8, 4) is 23.2 Å². The van der Waals surface area contributed by atoms with Gasteiger partial charge in [-0.15, -0.1) is 5.10 Å². The van der Waals surface area contributed by atoms with Gasteiger partial charge in [0.15, 0.2) is 11.4 Å². The fourth-order valence-electron chi connectivity index (χ4n) is 2.83. The summed E-state index contributed by atoms with van der Waals surface area (Å²) >= 11 is 0. The maximum Gasteiger partial charge on any atom is 0.358 e. The van der Waals surface area contributed by atoms with E-state index in [0.717, 1.165) is 0 Å². The number of carboxylic acids is 1. The molecule has 0 radical (unpaired) electrons. The molecule has 24 heavy (non-hydrogen) atoms. The lowest BCUT2D eigenvalue weighted by molar-refractivity contribution is 0.0689. The molecule has 0 saturated heterocycles. The van der Waals surface area contributed by atoms with Crippen molar-refractivity contribution >= 4 is 5.97 Å². The van der Waals surface area contributed by atoms with Gasteiger partial charge >= 0.3 is 5.97 Å². The highest BCUT2D eigenvalue weighted by Crippen LogP contribution is 2.32. The lowest BCUT2D eigenvalue weighted by Crippen LogP contribution is -2.07. The van der Waals surface area contributed by atoms with Crippen LogP contribution >= 0.6 is 0 Å². The number of imidazole rings is 1. The minimum atomic E-state index is -1.17. The number of ether oxygens (including phenoxy) is 1. The second kappa shape index (κ2) is 4.92. The van der Waals surface area contributed by atoms with Gasteiger partial charge in [-0.25, -0.2) is 14.5 Å². The molecule has 9 heteroatoms. The molecule has 0 unspecified atom stereocenters. The summed E-state index contributed by atoms with van der Waals surface area (Å²) < 4.78 is 8.47. The molecule has 0 amide bonds. The highest BCUT2D eigenvalue weighted by atomic mass is 16.5. The Morgan fingerprint density at radius 1 is 1.38 bits per heavy atom. The minimum Gasteiger partial charge on any atom is -0.497 e. The summed E-state index contributed by atoms with van der Waals surface area (Å²) in [5.74, 6) is -0.580. The van der Waals surface area contributed by atoms with Crippen molar-refractivity contribution in [2.45, 2.75) is 6.42 Å². The summed E-state index contributed by atoms with van der Waals surface area (Å²) in [6.07, 6.45) is 1.72. The van der Waals surface area contributed by atoms with Crippen LogP contribution in [0.4, 0.5) is 0 Å². The molecule has 0 aliphatic carbocycles. The van der Waals surface area contributed by atoms with Crippen molar-refractivity contribution in [1.29, 1.82) is 5.26 Å². The van der Waals surface area contributed by atoms with E-state index in [1.54, 1.807) is 36.2 Å². The molecule has 118 valence electrons. The van der Waals surface area contributed by atoms with Crippen molar-refractivity contribution in [3.63, 3.8) is 0 Å². The SMILES string of the molecule is COc1ccc2c(c1)-n1nnc(C(=O)O)c1Cc1c(C#N)ncn1-2. The zero-order valence-electron chi connectivity index (χ0n) is 12.5. The predicted molar refractivity (Wildman–Crippen MR) is 79.5 cm³/mol. The van der Waals surface area contributed by atoms with Crippen molar-refractivity contribution in [3.05, 3.63) is 47.3 Å². The van der Waals surface area contributed by atoms with Crippen LogP contribution in [0.5, 0.6) is 5.75 Å². The van der Waals surface area contributed by atoms with Gasteiger partial charge in [0.25, 0.3) is 0 Å². The van der Waals surface area contributed by atoms with E-state index in [1.165, 1.54) is 4.68 Å². The summed E-state index contributed by atoms with van der Waals surface area (Å²) in [4.78, 5) is 15.6. The molecule has 0 saturated carbocycles. The number of aromatic carboxylic acids is 1. The Morgan fingerprint density at radius 2 is 2.21 bits per heavy atom. The Balaban J connectivity index is 2.09. The van der Waals surface area contributed by atoms with Gasteiger partial charge in [0.1, 0.15) is 18.1 Å². The average molecular weight is 322 g/mol. The molecule has 9 nitrogen and oxygen atoms in total. The minimum absolute atomic E-state index is 0.151. The van der Waals surface area contributed by atoms with E-state index in [2.05, 4.69) is 15.3 Å². The number of methoxy groups -OCH3 is 1. The van der Waals surface area contributed by atoms with Gasteiger partial charge in [-0.05, 0) is 12.1 Å². The number of hydrogen-bond donors (Lipinski definition) is 1. The van der Waals surface area contributed by atoms with E-state index in [0.29, 0.717) is 28.5 Å². The quantitative estimate of drug-likeness (QED) is 0.583. The molecule has 3 heterocycles. The molecule has 0 spiro atoms. The first-order valence-electron chi connectivity index (χ1n) is 6.97. The highest BCUT2D eigenvalue weighted by Gasteiger charge is 2.28. The van der Waals surface area contributed by atoms with E-state index in [1.807, 2.05) is 6.07 Å². The highest BCUT2D eigenvalue weighted by molar-refractivity contribution is 5.87. The van der Waals surface area contributed by atoms with Gasteiger partial charge in [0.2, 0.25) is 0 Å². The summed E-state index contributed by atoms with van der Waals surface area (Å²) in [5.41, 5.74) is 2.37. The summed E-state index contributed by atoms with van der Waals surface area (Å²) in [5, 5.41) is 26.4. The lowest BCUT2D eigenvalue weighted by Gasteiger charge is -2.11. The molecule has 1 aliphatic rings. The van der Waals surface area contributed by atoms with Crippen LogP contribution in [-0.4, -0.2) is 42.7 Å². The first-order valence-corrected chi connectivity index (χ1v) is 6.97. The molecule has 1 aliphatic heterocycles. The van der Waals surface area contributed by atoms with Crippen LogP contribution < -0.4 is 4.74 Å². The van der Waals surface area contributed by atoms with Gasteiger partial charge in [0, 0.05) is 12.5 Å². The zero-order valence-corrected chi connectivity index (χ0v) is 12.5. The zero-order chi connectivity index (χ0) is 16.8. The normalized spacial score (nSPS) is 11.7. The molecule has 1 N–H and O–H groups in total. The van der Waals surface area contributed by atoms with Gasteiger partial charge in [-0.3, -0.25) is 4.57 Å². The third kappa shape index (κ3) is 1.80. The summed E-state index contributed by atoms with van der Waals surface area (Å²) in [7, 11) is 1.54. The molecule has 0 fully saturated rings. The Kier molecular flexibility index (Phi) is 2.86. The fourth-order valence-corrected chi connectivity index (χ4v) is 2.83. The van der Waals surface area contributed by atoms with Crippen LogP contribution in [0.3, 0.4) is 0 Å². The number of carbonyl (C=O) groups is 1. The van der Waals surface area contributed by atoms with Gasteiger partial charge in [0.05, 0.1) is 29.9 Å². The Morgan fingerprint density at radius 3 is 2.92 bits per heavy atom. The number of rotatable bonds is 2. The lowest BCUT2D eigenvalue weighted by atomic mass is 10.1. The van der Waals surface area contributed by atoms with Crippen LogP contribution in [-0.2, 0) is 6.42 Å². The largest absolute Gasteiger partial charge is 0.497 e. The average Bonchev–Trinajstić information content (AvgIpc) is 3.16. The molecular weight excluding hydrogens is 312 g/mol. The fraction of sp³-hybridized carbons (Fsp3) is 0.133. The van der Waals surface area contributed by atoms with Gasteiger partial charge < -0.3 is 9.84 Å². The maximum atomic E-state index is 11.5. The van der Waals surface area contributed by atoms with Gasteiger partial charge in [-0.2, -0.15) is 5.26 Å². The number of benzene rings is 1. The number of aromatic nitrogens is 5. The summed E-state index contributed by atoms with van der Waals surface area (Å²) in [6, 6.07) is 7.35. The van der Waals surface area contributed by atoms with E-state index in [9.17, 15) is 15.2 Å². The molecule has 0 bridgehead atoms. The molecular formula is C15H10N6O3. The molecule has 3 aromatic rings. The van der Waals surface area contributed by atoms with Crippen LogP contribution in [0.15, 0.2) is 24.5 Å². The Hall–Kier alpha value is -3.67. The third-order valence-corrected chi connectivity index (χ3v) is 3.94. The van der Waals surface area contributed by atoms with Crippen molar-refractivity contribution in [2.75, 3.05) is 7.11 Å². The van der Waals surface area contributed by atoms with Crippen LogP contribution in [0.25, 0.3) is 11.4 Å². The maximum absolute atomic E-state index is 11.5. The molecule has 4 rings (SSSR count). The Bertz CT molecular complexity index is 1030. The van der Waals surface area contributed by atoms with E-state index in [4.69, 9.17) is 4.74 Å². The second-order valence-electron chi connectivity index (χ2n) is 5.15. The smallest absolute Gasteiger partial charge is 0.358 e. The Labute approximate surface area is 135 Å². The van der Waals surface area contributed by atoms with Crippen LogP contribution in [0.2, 0.25) is 0 Å². The number of nitrogens with zero attached hydrogens (tertiary/aromatic N) is 6. The monoisotopic (exact) mass is 322 g/mol. The standard InChI is InChI=1S/C15H10N6O3/c1-24-8-2-3-10-12(4-8)21-13(14(15(22)23)18-19-21)5-11-9(6-16)17-7-20(10)11/h2-4,7H,5H2,1H3,(H,22,23). The third-order valence-electron chi connectivity index (χ3n) is 3.94. The number of fused-ring (bicyclic) bond motifs is 5. The van der Waals surface area contributed by atoms with Crippen LogP contribution in [0.1, 0.15) is 27.6 Å². The van der Waals surface area contributed by atoms with Gasteiger partial charge in [-0.1, -0.05) is 5.21 Å². The molecule has 0 atom stereocenters. The van der Waals surface area contributed by atoms with E-state index >= 15 is 0 Å². The predicted octanol–water partition coefficient (Wildman–Crippen LogP) is 0.936. The first kappa shape index (κ1) is 14.0. The number of hydrogen-bond acceptors (Lipinski definition) is 6. The summed E-state index contributed by atoms with van der Waals surface area (Å²) in [6.45, 7) is 0. The number of carboxylic acid groups (broad SMARTS) is 1. The molecule has 2 aromatic heterocycles. The van der Waals surface area contributed by atoms with E-state index in [-0.39, 0.29) is 17.8 Å². The van der Waals surface area contributed by atoms with Crippen molar-refractivity contribution < 1.29 is 14.6 Å². The topological polar surface area (TPSA) is 119 Å². The van der Waals surface area contributed by atoms with E-state index < -0.39 is 5.97 Å². The van der Waals surface area contributed by atoms with Crippen molar-refractivity contribution in [1.82, 2.24) is 24.5 Å². The second-order valence-corrected chi connectivity index (χ2v) is 5.15. The molecule has 1 aromatic carbocycles. The first-order chi connectivity index (χ1) is 11.6. The van der Waals surface area contributed by atoms with Crippen LogP contribution in [0, 0.1) is 11.3 Å².